The number of hydrogen-bond donors (Lipinski definition) is 1. The Bertz CT molecular complexity index is 282. The van der Waals surface area contributed by atoms with Crippen LogP contribution >= 0.6 is 0 Å². The summed E-state index contributed by atoms with van der Waals surface area (Å²) in [6.07, 6.45) is 2.48. The highest BCUT2D eigenvalue weighted by Crippen LogP contribution is 2.16. The van der Waals surface area contributed by atoms with Crippen LogP contribution in [-0.4, -0.2) is 23.2 Å². The number of aromatic nitrogens is 1. The highest BCUT2D eigenvalue weighted by atomic mass is 16.3. The molecule has 0 radical (unpaired) electrons. The van der Waals surface area contributed by atoms with Crippen LogP contribution in [0.1, 0.15) is 39.0 Å². The van der Waals surface area contributed by atoms with E-state index in [-0.39, 0.29) is 0 Å². The molecule has 0 saturated heterocycles. The van der Waals surface area contributed by atoms with Gasteiger partial charge >= 0.3 is 0 Å². The number of pyridine rings is 1. The van der Waals surface area contributed by atoms with Gasteiger partial charge in [-0.15, -0.1) is 0 Å². The zero-order chi connectivity index (χ0) is 11.3. The minimum absolute atomic E-state index is 0.486. The minimum Gasteiger partial charge on any atom is -0.387 e. The summed E-state index contributed by atoms with van der Waals surface area (Å²) in [5.74, 6) is 0. The van der Waals surface area contributed by atoms with Gasteiger partial charge in [-0.1, -0.05) is 6.92 Å². The third-order valence-corrected chi connectivity index (χ3v) is 2.44. The maximum absolute atomic E-state index is 9.34. The lowest BCUT2D eigenvalue weighted by Crippen LogP contribution is -2.23. The number of aliphatic hydroxyl groups excluding tert-OH is 1. The molecule has 0 aromatic carbocycles. The first-order valence-corrected chi connectivity index (χ1v) is 5.58. The van der Waals surface area contributed by atoms with Gasteiger partial charge in [0.15, 0.2) is 0 Å². The van der Waals surface area contributed by atoms with E-state index in [4.69, 9.17) is 0 Å². The van der Waals surface area contributed by atoms with Crippen LogP contribution in [0.5, 0.6) is 0 Å². The SMILES string of the molecule is CCCN(CC)c1ccc([C@@H](C)O)nc1. The Balaban J connectivity index is 2.77. The molecule has 0 aliphatic heterocycles. The summed E-state index contributed by atoms with van der Waals surface area (Å²) in [7, 11) is 0. The first-order chi connectivity index (χ1) is 7.19. The van der Waals surface area contributed by atoms with Crippen molar-refractivity contribution in [3.05, 3.63) is 24.0 Å². The fourth-order valence-corrected chi connectivity index (χ4v) is 1.57. The number of aliphatic hydroxyl groups is 1. The molecule has 1 aromatic rings. The van der Waals surface area contributed by atoms with E-state index in [1.165, 1.54) is 0 Å². The topological polar surface area (TPSA) is 36.4 Å². The summed E-state index contributed by atoms with van der Waals surface area (Å²) >= 11 is 0. The third kappa shape index (κ3) is 3.20. The van der Waals surface area contributed by atoms with Crippen molar-refractivity contribution in [2.45, 2.75) is 33.3 Å². The summed E-state index contributed by atoms with van der Waals surface area (Å²) in [4.78, 5) is 6.51. The molecule has 0 spiro atoms. The van der Waals surface area contributed by atoms with E-state index in [0.717, 1.165) is 30.9 Å². The molecule has 0 bridgehead atoms. The summed E-state index contributed by atoms with van der Waals surface area (Å²) in [5, 5.41) is 9.34. The minimum atomic E-state index is -0.486. The second kappa shape index (κ2) is 5.71. The van der Waals surface area contributed by atoms with Crippen LogP contribution in [0.3, 0.4) is 0 Å². The molecule has 0 fully saturated rings. The largest absolute Gasteiger partial charge is 0.387 e. The fourth-order valence-electron chi connectivity index (χ4n) is 1.57. The molecule has 3 heteroatoms. The van der Waals surface area contributed by atoms with Gasteiger partial charge in [0.05, 0.1) is 23.7 Å². The molecule has 1 N–H and O–H groups in total. The summed E-state index contributed by atoms with van der Waals surface area (Å²) in [5.41, 5.74) is 1.86. The Kier molecular flexibility index (Phi) is 4.56. The van der Waals surface area contributed by atoms with Crippen molar-refractivity contribution in [2.24, 2.45) is 0 Å². The van der Waals surface area contributed by atoms with Crippen molar-refractivity contribution in [2.75, 3.05) is 18.0 Å². The number of hydrogen-bond acceptors (Lipinski definition) is 3. The van der Waals surface area contributed by atoms with E-state index in [0.29, 0.717) is 0 Å². The van der Waals surface area contributed by atoms with Crippen LogP contribution in [0.2, 0.25) is 0 Å². The lowest BCUT2D eigenvalue weighted by molar-refractivity contribution is 0.194. The number of rotatable bonds is 5. The third-order valence-electron chi connectivity index (χ3n) is 2.44. The molecule has 0 aliphatic carbocycles. The van der Waals surface area contributed by atoms with Crippen molar-refractivity contribution in [1.82, 2.24) is 4.98 Å². The highest BCUT2D eigenvalue weighted by molar-refractivity contribution is 5.44. The molecule has 0 amide bonds. The molecule has 1 rings (SSSR count). The van der Waals surface area contributed by atoms with Gasteiger partial charge in [0.1, 0.15) is 0 Å². The predicted molar refractivity (Wildman–Crippen MR) is 63.0 cm³/mol. The predicted octanol–water partition coefficient (Wildman–Crippen LogP) is 2.37. The van der Waals surface area contributed by atoms with E-state index in [1.807, 2.05) is 18.3 Å². The first kappa shape index (κ1) is 12.0. The molecule has 0 unspecified atom stereocenters. The smallest absolute Gasteiger partial charge is 0.0931 e. The zero-order valence-corrected chi connectivity index (χ0v) is 9.77. The molecule has 0 aliphatic rings. The van der Waals surface area contributed by atoms with E-state index >= 15 is 0 Å². The van der Waals surface area contributed by atoms with E-state index in [2.05, 4.69) is 23.7 Å². The van der Waals surface area contributed by atoms with Crippen molar-refractivity contribution < 1.29 is 5.11 Å². The molecule has 84 valence electrons. The number of nitrogens with zero attached hydrogens (tertiary/aromatic N) is 2. The lowest BCUT2D eigenvalue weighted by atomic mass is 10.2. The molecule has 1 atom stereocenters. The van der Waals surface area contributed by atoms with E-state index in [1.54, 1.807) is 6.92 Å². The molecular weight excluding hydrogens is 188 g/mol. The Hall–Kier alpha value is -1.09. The van der Waals surface area contributed by atoms with Gasteiger partial charge in [0, 0.05) is 13.1 Å². The van der Waals surface area contributed by atoms with E-state index < -0.39 is 6.10 Å². The van der Waals surface area contributed by atoms with Crippen molar-refractivity contribution in [3.8, 4) is 0 Å². The Morgan fingerprint density at radius 1 is 1.40 bits per heavy atom. The van der Waals surface area contributed by atoms with Gasteiger partial charge < -0.3 is 10.0 Å². The standard InChI is InChI=1S/C12H20N2O/c1-4-8-14(5-2)11-6-7-12(10(3)15)13-9-11/h6-7,9-10,15H,4-5,8H2,1-3H3/t10-/m1/s1. The quantitative estimate of drug-likeness (QED) is 0.807. The van der Waals surface area contributed by atoms with Crippen LogP contribution in [0, 0.1) is 0 Å². The van der Waals surface area contributed by atoms with Gasteiger partial charge in [-0.25, -0.2) is 0 Å². The Labute approximate surface area is 91.8 Å². The van der Waals surface area contributed by atoms with Crippen LogP contribution in [-0.2, 0) is 0 Å². The van der Waals surface area contributed by atoms with Gasteiger partial charge in [0.2, 0.25) is 0 Å². The van der Waals surface area contributed by atoms with Crippen LogP contribution in [0.25, 0.3) is 0 Å². The second-order valence-electron chi connectivity index (χ2n) is 3.70. The Morgan fingerprint density at radius 2 is 2.13 bits per heavy atom. The molecule has 0 saturated carbocycles. The molecule has 1 aromatic heterocycles. The normalized spacial score (nSPS) is 12.5. The fraction of sp³-hybridized carbons (Fsp3) is 0.583. The van der Waals surface area contributed by atoms with Gasteiger partial charge in [-0.3, -0.25) is 4.98 Å². The maximum Gasteiger partial charge on any atom is 0.0931 e. The van der Waals surface area contributed by atoms with Crippen molar-refractivity contribution in [1.29, 1.82) is 0 Å². The number of anilines is 1. The second-order valence-corrected chi connectivity index (χ2v) is 3.70. The summed E-state index contributed by atoms with van der Waals surface area (Å²) in [6, 6.07) is 3.91. The average molecular weight is 208 g/mol. The summed E-state index contributed by atoms with van der Waals surface area (Å²) in [6.45, 7) is 8.07. The molecule has 15 heavy (non-hydrogen) atoms. The molecule has 3 nitrogen and oxygen atoms in total. The van der Waals surface area contributed by atoms with Crippen LogP contribution in [0.4, 0.5) is 5.69 Å². The van der Waals surface area contributed by atoms with Gasteiger partial charge in [0.25, 0.3) is 0 Å². The summed E-state index contributed by atoms with van der Waals surface area (Å²) < 4.78 is 0. The van der Waals surface area contributed by atoms with E-state index in [9.17, 15) is 5.11 Å². The zero-order valence-electron chi connectivity index (χ0n) is 9.77. The van der Waals surface area contributed by atoms with Gasteiger partial charge in [-0.05, 0) is 32.4 Å². The van der Waals surface area contributed by atoms with Gasteiger partial charge in [-0.2, -0.15) is 0 Å². The molecule has 1 heterocycles. The lowest BCUT2D eigenvalue weighted by Gasteiger charge is -2.22. The Morgan fingerprint density at radius 3 is 2.53 bits per heavy atom. The van der Waals surface area contributed by atoms with Crippen LogP contribution in [0.15, 0.2) is 18.3 Å². The van der Waals surface area contributed by atoms with Crippen molar-refractivity contribution >= 4 is 5.69 Å². The van der Waals surface area contributed by atoms with Crippen molar-refractivity contribution in [3.63, 3.8) is 0 Å². The first-order valence-electron chi connectivity index (χ1n) is 5.58. The molecular formula is C12H20N2O. The highest BCUT2D eigenvalue weighted by Gasteiger charge is 2.05. The van der Waals surface area contributed by atoms with Crippen LogP contribution < -0.4 is 4.90 Å². The average Bonchev–Trinajstić information content (AvgIpc) is 2.26. The monoisotopic (exact) mass is 208 g/mol. The maximum atomic E-state index is 9.34.